The lowest BCUT2D eigenvalue weighted by Gasteiger charge is -2.39. The fourth-order valence-electron chi connectivity index (χ4n) is 1.74. The van der Waals surface area contributed by atoms with Gasteiger partial charge in [0, 0.05) is 13.0 Å². The largest absolute Gasteiger partial charge is 0.466 e. The van der Waals surface area contributed by atoms with E-state index in [-0.39, 0.29) is 24.5 Å². The molecule has 6 N–H and O–H groups in total. The number of rotatable bonds is 7. The molecule has 23 heavy (non-hydrogen) atoms. The Bertz CT molecular complexity index is 496. The van der Waals surface area contributed by atoms with Crippen LogP contribution in [0.3, 0.4) is 0 Å². The van der Waals surface area contributed by atoms with Crippen LogP contribution in [0.1, 0.15) is 12.8 Å². The van der Waals surface area contributed by atoms with Crippen molar-refractivity contribution in [1.29, 1.82) is 0 Å². The van der Waals surface area contributed by atoms with E-state index in [0.29, 0.717) is 11.8 Å². The fourth-order valence-corrected chi connectivity index (χ4v) is 3.08. The third-order valence-corrected chi connectivity index (χ3v) is 4.32. The molecule has 1 aliphatic heterocycles. The molecule has 0 aromatic carbocycles. The first-order chi connectivity index (χ1) is 10.7. The van der Waals surface area contributed by atoms with Gasteiger partial charge in [0.15, 0.2) is 0 Å². The van der Waals surface area contributed by atoms with Crippen molar-refractivity contribution >= 4 is 27.2 Å². The van der Waals surface area contributed by atoms with Crippen molar-refractivity contribution in [2.75, 3.05) is 13.2 Å². The van der Waals surface area contributed by atoms with Crippen molar-refractivity contribution < 1.29 is 47.5 Å². The maximum Gasteiger partial charge on any atom is 0.466 e. The molecule has 0 aromatic heterocycles. The summed E-state index contributed by atoms with van der Waals surface area (Å²) in [6.07, 6.45) is -5.60. The number of ether oxygens (including phenoxy) is 1. The van der Waals surface area contributed by atoms with Gasteiger partial charge >= 0.3 is 10.4 Å². The highest BCUT2D eigenvalue weighted by Gasteiger charge is 2.44. The molecule has 0 aromatic rings. The summed E-state index contributed by atoms with van der Waals surface area (Å²) in [7, 11) is -4.83. The van der Waals surface area contributed by atoms with E-state index >= 15 is 0 Å². The van der Waals surface area contributed by atoms with Crippen molar-refractivity contribution in [2.24, 2.45) is 5.16 Å². The monoisotopic (exact) mass is 377 g/mol. The predicted molar refractivity (Wildman–Crippen MR) is 77.7 cm³/mol. The molecule has 0 radical (unpaired) electrons. The van der Waals surface area contributed by atoms with Crippen molar-refractivity contribution in [3.05, 3.63) is 0 Å². The van der Waals surface area contributed by atoms with Crippen molar-refractivity contribution in [3.63, 3.8) is 0 Å². The lowest BCUT2D eigenvalue weighted by molar-refractivity contribution is -0.205. The highest BCUT2D eigenvalue weighted by atomic mass is 32.3. The molecule has 13 heteroatoms. The summed E-state index contributed by atoms with van der Waals surface area (Å²) in [5.74, 6) is 0. The molecular formula is C10H19NO10S2. The van der Waals surface area contributed by atoms with Crippen LogP contribution in [-0.4, -0.2) is 86.6 Å². The summed E-state index contributed by atoms with van der Waals surface area (Å²) in [4.78, 5) is 0. The molecule has 0 unspecified atom stereocenters. The van der Waals surface area contributed by atoms with E-state index in [1.54, 1.807) is 0 Å². The van der Waals surface area contributed by atoms with Crippen LogP contribution in [0.4, 0.5) is 0 Å². The standard InChI is InChI=1S/C10H19NO10S2/c12-3-1-2-6(11-21-23(17,18)19)22-10-9(16)8(15)7(14)5(4-13)20-10/h5,7-10,12-16H,1-4H2,(H,17,18,19)/b11-6-/t5-,7-,8+,9-,10+/m1/s1. The molecule has 1 aliphatic rings. The first-order valence-electron chi connectivity index (χ1n) is 6.50. The number of nitrogens with zero attached hydrogens (tertiary/aromatic N) is 1. The highest BCUT2D eigenvalue weighted by Crippen LogP contribution is 2.30. The van der Waals surface area contributed by atoms with Crippen LogP contribution in [0.2, 0.25) is 0 Å². The van der Waals surface area contributed by atoms with Crippen LogP contribution < -0.4 is 0 Å². The molecule has 136 valence electrons. The molecule has 0 spiro atoms. The smallest absolute Gasteiger partial charge is 0.396 e. The summed E-state index contributed by atoms with van der Waals surface area (Å²) in [5.41, 5.74) is -1.19. The predicted octanol–water partition coefficient (Wildman–Crippen LogP) is -2.58. The average Bonchev–Trinajstić information content (AvgIpc) is 2.49. The summed E-state index contributed by atoms with van der Waals surface area (Å²) >= 11 is 0.663. The van der Waals surface area contributed by atoms with Crippen LogP contribution >= 0.6 is 11.8 Å². The van der Waals surface area contributed by atoms with Crippen LogP contribution in [0.15, 0.2) is 5.16 Å². The maximum absolute atomic E-state index is 10.5. The zero-order valence-electron chi connectivity index (χ0n) is 11.8. The first kappa shape index (κ1) is 20.5. The Labute approximate surface area is 136 Å². The van der Waals surface area contributed by atoms with E-state index in [9.17, 15) is 23.7 Å². The molecule has 0 amide bonds. The number of hydrogen-bond acceptors (Lipinski definition) is 11. The lowest BCUT2D eigenvalue weighted by atomic mass is 10.0. The Balaban J connectivity index is 2.84. The van der Waals surface area contributed by atoms with Gasteiger partial charge in [-0.25, -0.2) is 4.28 Å². The summed E-state index contributed by atoms with van der Waals surface area (Å²) in [5, 5.41) is 50.2. The first-order valence-corrected chi connectivity index (χ1v) is 8.75. The minimum absolute atomic E-state index is 0.0334. The van der Waals surface area contributed by atoms with Gasteiger partial charge < -0.3 is 30.3 Å². The summed E-state index contributed by atoms with van der Waals surface area (Å²) < 4.78 is 38.7. The second-order valence-corrected chi connectivity index (χ2v) is 6.81. The van der Waals surface area contributed by atoms with E-state index in [1.165, 1.54) is 0 Å². The zero-order chi connectivity index (χ0) is 17.6. The maximum atomic E-state index is 10.5. The fraction of sp³-hybridized carbons (Fsp3) is 0.900. The molecule has 11 nitrogen and oxygen atoms in total. The van der Waals surface area contributed by atoms with Gasteiger partial charge in [0.05, 0.1) is 6.61 Å². The Morgan fingerprint density at radius 1 is 1.17 bits per heavy atom. The minimum Gasteiger partial charge on any atom is -0.396 e. The van der Waals surface area contributed by atoms with E-state index in [0.717, 1.165) is 0 Å². The van der Waals surface area contributed by atoms with E-state index < -0.39 is 46.9 Å². The van der Waals surface area contributed by atoms with Crippen molar-refractivity contribution in [2.45, 2.75) is 42.7 Å². The average molecular weight is 377 g/mol. The van der Waals surface area contributed by atoms with Gasteiger partial charge in [0.25, 0.3) is 0 Å². The number of aliphatic hydroxyl groups excluding tert-OH is 5. The Morgan fingerprint density at radius 3 is 2.35 bits per heavy atom. The number of aliphatic hydroxyl groups is 5. The quantitative estimate of drug-likeness (QED) is 0.118. The van der Waals surface area contributed by atoms with Crippen LogP contribution in [0.5, 0.6) is 0 Å². The SMILES string of the molecule is O=S(=O)(O)O/N=C(/CCCO)S[C@@H]1O[C@H](CO)[C@@H](O)[C@H](O)[C@H]1O. The minimum atomic E-state index is -4.83. The number of oxime groups is 1. The van der Waals surface area contributed by atoms with E-state index in [1.807, 2.05) is 0 Å². The molecule has 1 rings (SSSR count). The highest BCUT2D eigenvalue weighted by molar-refractivity contribution is 8.14. The topological polar surface area (TPSA) is 186 Å². The molecule has 0 saturated carbocycles. The Morgan fingerprint density at radius 2 is 1.83 bits per heavy atom. The molecule has 5 atom stereocenters. The van der Waals surface area contributed by atoms with E-state index in [2.05, 4.69) is 9.44 Å². The van der Waals surface area contributed by atoms with Crippen molar-refractivity contribution in [3.8, 4) is 0 Å². The molecule has 1 heterocycles. The van der Waals surface area contributed by atoms with Gasteiger partial charge in [-0.2, -0.15) is 8.42 Å². The van der Waals surface area contributed by atoms with Crippen LogP contribution in [0.25, 0.3) is 0 Å². The third kappa shape index (κ3) is 6.48. The van der Waals surface area contributed by atoms with Gasteiger partial charge in [0.2, 0.25) is 0 Å². The van der Waals surface area contributed by atoms with Gasteiger partial charge in [0.1, 0.15) is 34.9 Å². The molecule has 0 aliphatic carbocycles. The number of hydrogen-bond donors (Lipinski definition) is 6. The van der Waals surface area contributed by atoms with Crippen LogP contribution in [0, 0.1) is 0 Å². The van der Waals surface area contributed by atoms with E-state index in [4.69, 9.17) is 19.5 Å². The summed E-state index contributed by atoms with van der Waals surface area (Å²) in [6.45, 7) is -0.854. The Kier molecular flexibility index (Phi) is 8.12. The summed E-state index contributed by atoms with van der Waals surface area (Å²) in [6, 6.07) is 0. The number of thioether (sulfide) groups is 1. The van der Waals surface area contributed by atoms with Gasteiger partial charge in [-0.3, -0.25) is 4.55 Å². The molecular weight excluding hydrogens is 358 g/mol. The third-order valence-electron chi connectivity index (χ3n) is 2.88. The zero-order valence-corrected chi connectivity index (χ0v) is 13.4. The molecule has 1 saturated heterocycles. The van der Waals surface area contributed by atoms with Crippen molar-refractivity contribution in [1.82, 2.24) is 0 Å². The second kappa shape index (κ2) is 9.10. The van der Waals surface area contributed by atoms with Crippen LogP contribution in [-0.2, 0) is 19.4 Å². The molecule has 1 fully saturated rings. The Hall–Kier alpha value is -0.510. The van der Waals surface area contributed by atoms with Gasteiger partial charge in [-0.15, -0.1) is 0 Å². The van der Waals surface area contributed by atoms with Gasteiger partial charge in [-0.1, -0.05) is 16.9 Å². The van der Waals surface area contributed by atoms with Gasteiger partial charge in [-0.05, 0) is 6.42 Å². The lowest BCUT2D eigenvalue weighted by Crippen LogP contribution is -2.57. The normalized spacial score (nSPS) is 32.8. The molecule has 0 bridgehead atoms. The second-order valence-electron chi connectivity index (χ2n) is 4.63.